The molecule has 0 bridgehead atoms. The van der Waals surface area contributed by atoms with E-state index < -0.39 is 16.1 Å². The van der Waals surface area contributed by atoms with Gasteiger partial charge in [-0.1, -0.05) is 25.5 Å². The normalized spacial score (nSPS) is 12.5. The first kappa shape index (κ1) is 21.9. The Kier molecular flexibility index (Phi) is 6.79. The summed E-state index contributed by atoms with van der Waals surface area (Å²) in [5.74, 6) is 1.68. The predicted molar refractivity (Wildman–Crippen MR) is 115 cm³/mol. The Balaban J connectivity index is 2.03. The van der Waals surface area contributed by atoms with E-state index in [1.807, 2.05) is 19.2 Å². The molecule has 0 amide bonds. The molecule has 1 atom stereocenters. The summed E-state index contributed by atoms with van der Waals surface area (Å²) in [6, 6.07) is 11.5. The van der Waals surface area contributed by atoms with Crippen LogP contribution in [0.15, 0.2) is 59.8 Å². The molecule has 3 rings (SSSR count). The zero-order valence-electron chi connectivity index (χ0n) is 17.6. The van der Waals surface area contributed by atoms with Crippen LogP contribution in [0, 0.1) is 0 Å². The van der Waals surface area contributed by atoms with E-state index in [-0.39, 0.29) is 4.90 Å². The zero-order chi connectivity index (χ0) is 21.7. The Hall–Kier alpha value is -2.84. The summed E-state index contributed by atoms with van der Waals surface area (Å²) in [5, 5.41) is 0. The lowest BCUT2D eigenvalue weighted by atomic mass is 10.1. The largest absolute Gasteiger partial charge is 0.497 e. The van der Waals surface area contributed by atoms with E-state index >= 15 is 0 Å². The minimum atomic E-state index is -3.81. The highest BCUT2D eigenvalue weighted by molar-refractivity contribution is 7.89. The number of hydrogen-bond acceptors (Lipinski definition) is 5. The van der Waals surface area contributed by atoms with Crippen molar-refractivity contribution >= 4 is 10.0 Å². The quantitative estimate of drug-likeness (QED) is 0.563. The molecule has 1 N–H and O–H groups in total. The molecule has 2 aromatic carbocycles. The third-order valence-corrected chi connectivity index (χ3v) is 6.31. The third kappa shape index (κ3) is 4.83. The van der Waals surface area contributed by atoms with Gasteiger partial charge in [-0.3, -0.25) is 0 Å². The standard InChI is InChI=1S/C22H27N3O4S/c1-5-6-16-7-9-20(10-8-16)30(26,27)24-21(22-23-11-12-25(22)2)17-13-18(28-3)15-19(14-17)29-4/h7-15,21,24H,5-6H2,1-4H3. The van der Waals surface area contributed by atoms with Gasteiger partial charge in [0, 0.05) is 25.5 Å². The minimum Gasteiger partial charge on any atom is -0.497 e. The average Bonchev–Trinajstić information content (AvgIpc) is 3.17. The second-order valence-corrected chi connectivity index (χ2v) is 8.70. The van der Waals surface area contributed by atoms with Crippen LogP contribution in [-0.4, -0.2) is 32.2 Å². The Labute approximate surface area is 177 Å². The van der Waals surface area contributed by atoms with Gasteiger partial charge in [0.05, 0.1) is 19.1 Å². The molecule has 1 heterocycles. The van der Waals surface area contributed by atoms with Gasteiger partial charge in [0.1, 0.15) is 23.4 Å². The molecule has 0 aliphatic rings. The number of methoxy groups -OCH3 is 2. The fourth-order valence-corrected chi connectivity index (χ4v) is 4.45. The zero-order valence-corrected chi connectivity index (χ0v) is 18.4. The van der Waals surface area contributed by atoms with E-state index in [1.165, 1.54) is 0 Å². The second kappa shape index (κ2) is 9.32. The lowest BCUT2D eigenvalue weighted by Crippen LogP contribution is -2.31. The summed E-state index contributed by atoms with van der Waals surface area (Å²) in [4.78, 5) is 4.58. The van der Waals surface area contributed by atoms with E-state index in [2.05, 4.69) is 16.6 Å². The molecule has 3 aromatic rings. The molecular weight excluding hydrogens is 402 g/mol. The minimum absolute atomic E-state index is 0.205. The first-order valence-electron chi connectivity index (χ1n) is 9.69. The lowest BCUT2D eigenvalue weighted by molar-refractivity contribution is 0.392. The summed E-state index contributed by atoms with van der Waals surface area (Å²) < 4.78 is 41.7. The highest BCUT2D eigenvalue weighted by Crippen LogP contribution is 2.30. The molecule has 0 saturated carbocycles. The first-order valence-corrected chi connectivity index (χ1v) is 11.2. The number of aromatic nitrogens is 2. The van der Waals surface area contributed by atoms with Gasteiger partial charge in [-0.05, 0) is 41.8 Å². The number of imidazole rings is 1. The van der Waals surface area contributed by atoms with Crippen molar-refractivity contribution in [3.63, 3.8) is 0 Å². The molecular formula is C22H27N3O4S. The molecule has 30 heavy (non-hydrogen) atoms. The van der Waals surface area contributed by atoms with Crippen LogP contribution in [0.5, 0.6) is 11.5 Å². The average molecular weight is 430 g/mol. The number of sulfonamides is 1. The van der Waals surface area contributed by atoms with Crippen LogP contribution in [0.3, 0.4) is 0 Å². The van der Waals surface area contributed by atoms with Crippen LogP contribution in [0.25, 0.3) is 0 Å². The maximum atomic E-state index is 13.2. The number of benzene rings is 2. The highest BCUT2D eigenvalue weighted by atomic mass is 32.2. The van der Waals surface area contributed by atoms with Crippen LogP contribution in [0.1, 0.15) is 36.3 Å². The van der Waals surface area contributed by atoms with Crippen LogP contribution in [0.2, 0.25) is 0 Å². The maximum Gasteiger partial charge on any atom is 0.241 e. The molecule has 0 fully saturated rings. The topological polar surface area (TPSA) is 82.5 Å². The molecule has 1 unspecified atom stereocenters. The van der Waals surface area contributed by atoms with Crippen LogP contribution in [-0.2, 0) is 23.5 Å². The SMILES string of the molecule is CCCc1ccc(S(=O)(=O)NC(c2cc(OC)cc(OC)c2)c2nccn2C)cc1. The van der Waals surface area contributed by atoms with Gasteiger partial charge >= 0.3 is 0 Å². The molecule has 7 nitrogen and oxygen atoms in total. The third-order valence-electron chi connectivity index (χ3n) is 4.87. The predicted octanol–water partition coefficient (Wildman–Crippen LogP) is 3.46. The molecule has 0 spiro atoms. The van der Waals surface area contributed by atoms with Crippen molar-refractivity contribution in [2.45, 2.75) is 30.7 Å². The highest BCUT2D eigenvalue weighted by Gasteiger charge is 2.26. The Morgan fingerprint density at radius 1 is 1.07 bits per heavy atom. The Morgan fingerprint density at radius 2 is 1.70 bits per heavy atom. The number of aryl methyl sites for hydroxylation is 2. The smallest absolute Gasteiger partial charge is 0.241 e. The first-order chi connectivity index (χ1) is 14.4. The number of nitrogens with zero attached hydrogens (tertiary/aromatic N) is 2. The Bertz CT molecular complexity index is 1070. The van der Waals surface area contributed by atoms with E-state index in [1.54, 1.807) is 61.5 Å². The van der Waals surface area contributed by atoms with Gasteiger partial charge in [0.2, 0.25) is 10.0 Å². The van der Waals surface area contributed by atoms with E-state index in [0.29, 0.717) is 22.9 Å². The fourth-order valence-electron chi connectivity index (χ4n) is 3.27. The molecule has 0 saturated heterocycles. The molecule has 0 aliphatic carbocycles. The molecule has 0 radical (unpaired) electrons. The summed E-state index contributed by atoms with van der Waals surface area (Å²) in [5.41, 5.74) is 1.77. The second-order valence-electron chi connectivity index (χ2n) is 6.99. The monoisotopic (exact) mass is 429 g/mol. The van der Waals surface area contributed by atoms with Crippen LogP contribution in [0.4, 0.5) is 0 Å². The van der Waals surface area contributed by atoms with E-state index in [0.717, 1.165) is 18.4 Å². The molecule has 8 heteroatoms. The van der Waals surface area contributed by atoms with Gasteiger partial charge in [0.25, 0.3) is 0 Å². The van der Waals surface area contributed by atoms with Gasteiger partial charge in [-0.2, -0.15) is 4.72 Å². The fraction of sp³-hybridized carbons (Fsp3) is 0.318. The Morgan fingerprint density at radius 3 is 2.20 bits per heavy atom. The van der Waals surface area contributed by atoms with Crippen molar-refractivity contribution in [1.29, 1.82) is 0 Å². The molecule has 1 aromatic heterocycles. The number of ether oxygens (including phenoxy) is 2. The van der Waals surface area contributed by atoms with Crippen molar-refractivity contribution in [2.24, 2.45) is 7.05 Å². The number of hydrogen-bond donors (Lipinski definition) is 1. The number of rotatable bonds is 9. The lowest BCUT2D eigenvalue weighted by Gasteiger charge is -2.20. The van der Waals surface area contributed by atoms with Crippen LogP contribution >= 0.6 is 0 Å². The van der Waals surface area contributed by atoms with Crippen molar-refractivity contribution in [3.8, 4) is 11.5 Å². The van der Waals surface area contributed by atoms with Gasteiger partial charge < -0.3 is 14.0 Å². The van der Waals surface area contributed by atoms with Crippen molar-refractivity contribution in [2.75, 3.05) is 14.2 Å². The van der Waals surface area contributed by atoms with Crippen LogP contribution < -0.4 is 14.2 Å². The van der Waals surface area contributed by atoms with Crippen molar-refractivity contribution in [1.82, 2.24) is 14.3 Å². The maximum absolute atomic E-state index is 13.2. The van der Waals surface area contributed by atoms with Crippen molar-refractivity contribution < 1.29 is 17.9 Å². The van der Waals surface area contributed by atoms with E-state index in [9.17, 15) is 8.42 Å². The van der Waals surface area contributed by atoms with Crippen molar-refractivity contribution in [3.05, 3.63) is 71.8 Å². The summed E-state index contributed by atoms with van der Waals surface area (Å²) in [7, 11) is 1.12. The summed E-state index contributed by atoms with van der Waals surface area (Å²) in [6.45, 7) is 2.09. The van der Waals surface area contributed by atoms with E-state index in [4.69, 9.17) is 9.47 Å². The summed E-state index contributed by atoms with van der Waals surface area (Å²) >= 11 is 0. The van der Waals surface area contributed by atoms with Gasteiger partial charge in [-0.25, -0.2) is 13.4 Å². The van der Waals surface area contributed by atoms with Gasteiger partial charge in [-0.15, -0.1) is 0 Å². The van der Waals surface area contributed by atoms with Gasteiger partial charge in [0.15, 0.2) is 0 Å². The molecule has 0 aliphatic heterocycles. The summed E-state index contributed by atoms with van der Waals surface area (Å²) in [6.07, 6.45) is 5.32. The molecule has 160 valence electrons. The number of nitrogens with one attached hydrogen (secondary N) is 1.